The van der Waals surface area contributed by atoms with Crippen LogP contribution in [0.5, 0.6) is 17.2 Å². The van der Waals surface area contributed by atoms with Gasteiger partial charge in [0.1, 0.15) is 12.4 Å². The van der Waals surface area contributed by atoms with E-state index < -0.39 is 0 Å². The minimum atomic E-state index is 0.461. The Morgan fingerprint density at radius 1 is 0.786 bits per heavy atom. The summed E-state index contributed by atoms with van der Waals surface area (Å²) in [5.74, 6) is 2.15. The maximum Gasteiger partial charge on any atom is 0.163 e. The van der Waals surface area contributed by atoms with Gasteiger partial charge in [0.2, 0.25) is 0 Å². The fourth-order valence-electron chi connectivity index (χ4n) is 2.81. The molecule has 0 radical (unpaired) electrons. The van der Waals surface area contributed by atoms with Crippen LogP contribution in [0.2, 0.25) is 5.02 Å². The van der Waals surface area contributed by atoms with E-state index in [1.54, 1.807) is 14.2 Å². The van der Waals surface area contributed by atoms with Crippen molar-refractivity contribution < 1.29 is 14.2 Å². The lowest BCUT2D eigenvalue weighted by molar-refractivity contribution is 0.284. The van der Waals surface area contributed by atoms with Gasteiger partial charge in [-0.25, -0.2) is 0 Å². The van der Waals surface area contributed by atoms with Gasteiger partial charge in [-0.15, -0.1) is 0 Å². The first kappa shape index (κ1) is 20.1. The van der Waals surface area contributed by atoms with Gasteiger partial charge in [-0.3, -0.25) is 0 Å². The molecule has 4 nitrogen and oxygen atoms in total. The molecule has 0 amide bonds. The second-order valence-electron chi connectivity index (χ2n) is 6.32. The van der Waals surface area contributed by atoms with Crippen LogP contribution in [0.1, 0.15) is 16.7 Å². The van der Waals surface area contributed by atoms with Crippen LogP contribution < -0.4 is 19.5 Å². The fourth-order valence-corrected chi connectivity index (χ4v) is 3.03. The van der Waals surface area contributed by atoms with E-state index in [1.165, 1.54) is 5.56 Å². The highest BCUT2D eigenvalue weighted by Crippen LogP contribution is 2.34. The minimum absolute atomic E-state index is 0.461. The van der Waals surface area contributed by atoms with Gasteiger partial charge in [-0.1, -0.05) is 54.1 Å². The smallest absolute Gasteiger partial charge is 0.163 e. The number of rotatable bonds is 9. The number of methoxy groups -OCH3 is 2. The predicted octanol–water partition coefficient (Wildman–Crippen LogP) is 5.23. The molecule has 3 rings (SSSR count). The molecule has 3 aromatic carbocycles. The zero-order chi connectivity index (χ0) is 19.8. The highest BCUT2D eigenvalue weighted by Gasteiger charge is 2.11. The van der Waals surface area contributed by atoms with Crippen LogP contribution in [-0.2, 0) is 19.7 Å². The van der Waals surface area contributed by atoms with Gasteiger partial charge in [0, 0.05) is 24.2 Å². The first-order valence-electron chi connectivity index (χ1n) is 9.06. The van der Waals surface area contributed by atoms with E-state index in [0.717, 1.165) is 23.4 Å². The zero-order valence-electron chi connectivity index (χ0n) is 16.1. The van der Waals surface area contributed by atoms with Crippen molar-refractivity contribution in [2.45, 2.75) is 19.7 Å². The molecule has 3 aromatic rings. The van der Waals surface area contributed by atoms with Crippen LogP contribution >= 0.6 is 11.6 Å². The molecule has 0 spiro atoms. The lowest BCUT2D eigenvalue weighted by Gasteiger charge is -2.14. The molecule has 0 atom stereocenters. The topological polar surface area (TPSA) is 39.7 Å². The standard InChI is InChI=1S/C23H24ClNO3/c1-26-20-10-8-17(9-11-20)14-25-15-19-12-22(27-2)23(13-21(19)24)28-16-18-6-4-3-5-7-18/h3-13,25H,14-16H2,1-2H3. The van der Waals surface area contributed by atoms with E-state index in [4.69, 9.17) is 25.8 Å². The van der Waals surface area contributed by atoms with Crippen molar-refractivity contribution in [3.63, 3.8) is 0 Å². The largest absolute Gasteiger partial charge is 0.497 e. The van der Waals surface area contributed by atoms with Crippen molar-refractivity contribution in [3.8, 4) is 17.2 Å². The summed E-state index contributed by atoms with van der Waals surface area (Å²) in [5.41, 5.74) is 3.22. The Kier molecular flexibility index (Phi) is 7.18. The Morgan fingerprint density at radius 2 is 1.54 bits per heavy atom. The normalized spacial score (nSPS) is 10.5. The summed E-state index contributed by atoms with van der Waals surface area (Å²) in [4.78, 5) is 0. The summed E-state index contributed by atoms with van der Waals surface area (Å²) in [7, 11) is 3.29. The summed E-state index contributed by atoms with van der Waals surface area (Å²) in [6.45, 7) is 1.82. The molecule has 5 heteroatoms. The number of nitrogens with one attached hydrogen (secondary N) is 1. The van der Waals surface area contributed by atoms with Crippen molar-refractivity contribution in [1.82, 2.24) is 5.32 Å². The third-order valence-corrected chi connectivity index (χ3v) is 4.73. The number of hydrogen-bond donors (Lipinski definition) is 1. The quantitative estimate of drug-likeness (QED) is 0.537. The fraction of sp³-hybridized carbons (Fsp3) is 0.217. The molecule has 0 fully saturated rings. The minimum Gasteiger partial charge on any atom is -0.497 e. The predicted molar refractivity (Wildman–Crippen MR) is 112 cm³/mol. The second-order valence-corrected chi connectivity index (χ2v) is 6.73. The summed E-state index contributed by atoms with van der Waals surface area (Å²) >= 11 is 6.47. The molecule has 28 heavy (non-hydrogen) atoms. The van der Waals surface area contributed by atoms with E-state index in [9.17, 15) is 0 Å². The van der Waals surface area contributed by atoms with Crippen molar-refractivity contribution in [2.75, 3.05) is 14.2 Å². The van der Waals surface area contributed by atoms with Crippen LogP contribution in [0.3, 0.4) is 0 Å². The van der Waals surface area contributed by atoms with Crippen LogP contribution in [-0.4, -0.2) is 14.2 Å². The molecule has 0 aliphatic rings. The van der Waals surface area contributed by atoms with E-state index in [-0.39, 0.29) is 0 Å². The lowest BCUT2D eigenvalue weighted by Crippen LogP contribution is -2.13. The molecule has 0 saturated carbocycles. The molecule has 0 bridgehead atoms. The number of halogens is 1. The van der Waals surface area contributed by atoms with E-state index in [1.807, 2.05) is 66.7 Å². The SMILES string of the molecule is COc1ccc(CNCc2cc(OC)c(OCc3ccccc3)cc2Cl)cc1. The first-order chi connectivity index (χ1) is 13.7. The van der Waals surface area contributed by atoms with Crippen LogP contribution in [0.15, 0.2) is 66.7 Å². The molecule has 0 aliphatic heterocycles. The Hall–Kier alpha value is -2.69. The molecule has 146 valence electrons. The molecule has 0 heterocycles. The zero-order valence-corrected chi connectivity index (χ0v) is 16.8. The van der Waals surface area contributed by atoms with Gasteiger partial charge in [-0.2, -0.15) is 0 Å². The lowest BCUT2D eigenvalue weighted by atomic mass is 10.1. The Balaban J connectivity index is 1.61. The van der Waals surface area contributed by atoms with Crippen LogP contribution in [0.4, 0.5) is 0 Å². The molecule has 0 aromatic heterocycles. The molecular formula is C23H24ClNO3. The number of ether oxygens (including phenoxy) is 3. The summed E-state index contributed by atoms with van der Waals surface area (Å²) < 4.78 is 16.6. The molecular weight excluding hydrogens is 374 g/mol. The van der Waals surface area contributed by atoms with Crippen molar-refractivity contribution in [3.05, 3.63) is 88.4 Å². The molecule has 0 saturated heterocycles. The van der Waals surface area contributed by atoms with E-state index in [2.05, 4.69) is 5.32 Å². The maximum absolute atomic E-state index is 6.47. The van der Waals surface area contributed by atoms with Gasteiger partial charge in [0.15, 0.2) is 11.5 Å². The van der Waals surface area contributed by atoms with Crippen molar-refractivity contribution in [2.24, 2.45) is 0 Å². The average Bonchev–Trinajstić information content (AvgIpc) is 2.74. The molecule has 1 N–H and O–H groups in total. The monoisotopic (exact) mass is 397 g/mol. The van der Waals surface area contributed by atoms with Gasteiger partial charge in [-0.05, 0) is 34.9 Å². The number of hydrogen-bond acceptors (Lipinski definition) is 4. The van der Waals surface area contributed by atoms with E-state index in [0.29, 0.717) is 29.7 Å². The van der Waals surface area contributed by atoms with Crippen LogP contribution in [0, 0.1) is 0 Å². The third-order valence-electron chi connectivity index (χ3n) is 4.37. The molecule has 0 aliphatic carbocycles. The summed E-state index contributed by atoms with van der Waals surface area (Å²) in [5, 5.41) is 4.05. The Labute approximate surface area is 171 Å². The van der Waals surface area contributed by atoms with Crippen LogP contribution in [0.25, 0.3) is 0 Å². The van der Waals surface area contributed by atoms with Gasteiger partial charge >= 0.3 is 0 Å². The van der Waals surface area contributed by atoms with Gasteiger partial charge < -0.3 is 19.5 Å². The van der Waals surface area contributed by atoms with Gasteiger partial charge in [0.25, 0.3) is 0 Å². The maximum atomic E-state index is 6.47. The molecule has 0 unspecified atom stereocenters. The Morgan fingerprint density at radius 3 is 2.21 bits per heavy atom. The third kappa shape index (κ3) is 5.41. The second kappa shape index (κ2) is 10.0. The first-order valence-corrected chi connectivity index (χ1v) is 9.44. The highest BCUT2D eigenvalue weighted by atomic mass is 35.5. The van der Waals surface area contributed by atoms with Crippen molar-refractivity contribution in [1.29, 1.82) is 0 Å². The van der Waals surface area contributed by atoms with E-state index >= 15 is 0 Å². The van der Waals surface area contributed by atoms with Crippen molar-refractivity contribution >= 4 is 11.6 Å². The summed E-state index contributed by atoms with van der Waals surface area (Å²) in [6, 6.07) is 21.7. The average molecular weight is 398 g/mol. The Bertz CT molecular complexity index is 882. The number of benzene rings is 3. The summed E-state index contributed by atoms with van der Waals surface area (Å²) in [6.07, 6.45) is 0. The highest BCUT2D eigenvalue weighted by molar-refractivity contribution is 6.31. The van der Waals surface area contributed by atoms with Gasteiger partial charge in [0.05, 0.1) is 14.2 Å².